The maximum atomic E-state index is 5.40. The second-order valence-corrected chi connectivity index (χ2v) is 3.22. The molecular formula is C12H15NO. The predicted octanol–water partition coefficient (Wildman–Crippen LogP) is 2.32. The molecular weight excluding hydrogens is 174 g/mol. The second-order valence-electron chi connectivity index (χ2n) is 3.22. The van der Waals surface area contributed by atoms with Crippen molar-refractivity contribution in [2.75, 3.05) is 7.11 Å². The summed E-state index contributed by atoms with van der Waals surface area (Å²) in [5.41, 5.74) is 2.72. The van der Waals surface area contributed by atoms with Crippen LogP contribution in [0.15, 0.2) is 35.4 Å². The lowest BCUT2D eigenvalue weighted by Gasteiger charge is -2.19. The Kier molecular flexibility index (Phi) is 3.41. The third kappa shape index (κ3) is 2.20. The lowest BCUT2D eigenvalue weighted by atomic mass is 10.0. The standard InChI is InChI=1S/C12H15NO/c1-5-10-7-6-8-11(12(10)14-4)13-9(2)3/h1,8,13H,2,6-7H2,3-4H3. The molecule has 74 valence electrons. The van der Waals surface area contributed by atoms with E-state index < -0.39 is 0 Å². The van der Waals surface area contributed by atoms with E-state index in [9.17, 15) is 0 Å². The molecule has 1 N–H and O–H groups in total. The zero-order valence-electron chi connectivity index (χ0n) is 8.68. The first-order valence-electron chi connectivity index (χ1n) is 4.56. The van der Waals surface area contributed by atoms with Crippen molar-refractivity contribution in [1.29, 1.82) is 0 Å². The summed E-state index contributed by atoms with van der Waals surface area (Å²) >= 11 is 0. The van der Waals surface area contributed by atoms with Crippen LogP contribution in [0.4, 0.5) is 0 Å². The van der Waals surface area contributed by atoms with Crippen molar-refractivity contribution >= 4 is 0 Å². The maximum Gasteiger partial charge on any atom is 0.153 e. The van der Waals surface area contributed by atoms with E-state index in [1.165, 1.54) is 0 Å². The Labute approximate surface area is 85.3 Å². The van der Waals surface area contributed by atoms with Gasteiger partial charge in [-0.3, -0.25) is 0 Å². The molecule has 0 heterocycles. The van der Waals surface area contributed by atoms with Crippen molar-refractivity contribution in [3.63, 3.8) is 0 Å². The third-order valence-corrected chi connectivity index (χ3v) is 1.99. The topological polar surface area (TPSA) is 21.3 Å². The van der Waals surface area contributed by atoms with E-state index >= 15 is 0 Å². The molecule has 0 saturated heterocycles. The summed E-state index contributed by atoms with van der Waals surface area (Å²) in [5, 5.41) is 3.14. The Bertz CT molecular complexity index is 342. The van der Waals surface area contributed by atoms with Crippen molar-refractivity contribution in [3.05, 3.63) is 35.4 Å². The number of methoxy groups -OCH3 is 1. The fourth-order valence-electron chi connectivity index (χ4n) is 1.44. The summed E-state index contributed by atoms with van der Waals surface area (Å²) < 4.78 is 5.27. The van der Waals surface area contributed by atoms with Gasteiger partial charge in [0.05, 0.1) is 12.8 Å². The molecule has 1 aliphatic carbocycles. The smallest absolute Gasteiger partial charge is 0.153 e. The minimum atomic E-state index is 0.766. The van der Waals surface area contributed by atoms with Crippen LogP contribution >= 0.6 is 0 Å². The normalized spacial score (nSPS) is 15.6. The summed E-state index contributed by atoms with van der Waals surface area (Å²) in [7, 11) is 1.63. The van der Waals surface area contributed by atoms with Gasteiger partial charge < -0.3 is 10.1 Å². The molecule has 0 bridgehead atoms. The molecule has 0 amide bonds. The van der Waals surface area contributed by atoms with Crippen molar-refractivity contribution in [2.24, 2.45) is 0 Å². The van der Waals surface area contributed by atoms with E-state index in [2.05, 4.69) is 23.9 Å². The summed E-state index contributed by atoms with van der Waals surface area (Å²) in [6, 6.07) is 0. The average molecular weight is 189 g/mol. The molecule has 0 saturated carbocycles. The van der Waals surface area contributed by atoms with Crippen LogP contribution in [-0.2, 0) is 4.74 Å². The lowest BCUT2D eigenvalue weighted by Crippen LogP contribution is -2.16. The van der Waals surface area contributed by atoms with E-state index in [0.29, 0.717) is 0 Å². The van der Waals surface area contributed by atoms with Crippen LogP contribution in [0.5, 0.6) is 0 Å². The van der Waals surface area contributed by atoms with Gasteiger partial charge in [0.2, 0.25) is 0 Å². The Morgan fingerprint density at radius 2 is 2.43 bits per heavy atom. The summed E-state index contributed by atoms with van der Waals surface area (Å²) in [5.74, 6) is 3.42. The first-order valence-corrected chi connectivity index (χ1v) is 4.56. The highest BCUT2D eigenvalue weighted by atomic mass is 16.5. The predicted molar refractivity (Wildman–Crippen MR) is 58.1 cm³/mol. The molecule has 1 rings (SSSR count). The van der Waals surface area contributed by atoms with Crippen LogP contribution in [0, 0.1) is 12.3 Å². The number of ether oxygens (including phenoxy) is 1. The van der Waals surface area contributed by atoms with Gasteiger partial charge in [0.15, 0.2) is 5.76 Å². The Morgan fingerprint density at radius 1 is 1.71 bits per heavy atom. The van der Waals surface area contributed by atoms with Gasteiger partial charge in [-0.15, -0.1) is 6.42 Å². The van der Waals surface area contributed by atoms with E-state index in [1.54, 1.807) is 7.11 Å². The molecule has 0 radical (unpaired) electrons. The fourth-order valence-corrected chi connectivity index (χ4v) is 1.44. The molecule has 0 aromatic heterocycles. The number of terminal acetylenes is 1. The Balaban J connectivity index is 2.95. The first-order chi connectivity index (χ1) is 6.69. The van der Waals surface area contributed by atoms with Gasteiger partial charge in [-0.05, 0) is 19.8 Å². The molecule has 2 nitrogen and oxygen atoms in total. The zero-order valence-corrected chi connectivity index (χ0v) is 8.68. The summed E-state index contributed by atoms with van der Waals surface area (Å²) in [6.07, 6.45) is 9.30. The molecule has 14 heavy (non-hydrogen) atoms. The van der Waals surface area contributed by atoms with Gasteiger partial charge in [-0.1, -0.05) is 18.6 Å². The highest BCUT2D eigenvalue weighted by molar-refractivity contribution is 5.42. The summed E-state index contributed by atoms with van der Waals surface area (Å²) in [4.78, 5) is 0. The van der Waals surface area contributed by atoms with Crippen molar-refractivity contribution in [2.45, 2.75) is 19.8 Å². The number of allylic oxidation sites excluding steroid dienone is 3. The fraction of sp³-hybridized carbons (Fsp3) is 0.333. The number of nitrogens with one attached hydrogen (secondary N) is 1. The van der Waals surface area contributed by atoms with Gasteiger partial charge in [-0.25, -0.2) is 0 Å². The quantitative estimate of drug-likeness (QED) is 0.688. The van der Waals surface area contributed by atoms with Crippen molar-refractivity contribution in [1.82, 2.24) is 5.32 Å². The summed E-state index contributed by atoms with van der Waals surface area (Å²) in [6.45, 7) is 5.69. The van der Waals surface area contributed by atoms with Gasteiger partial charge in [-0.2, -0.15) is 0 Å². The molecule has 0 aromatic rings. The van der Waals surface area contributed by atoms with Crippen LogP contribution in [0.1, 0.15) is 19.8 Å². The van der Waals surface area contributed by atoms with E-state index in [1.807, 2.05) is 6.92 Å². The number of hydrogen-bond acceptors (Lipinski definition) is 2. The number of rotatable bonds is 3. The largest absolute Gasteiger partial charge is 0.494 e. The van der Waals surface area contributed by atoms with Gasteiger partial charge in [0.1, 0.15) is 0 Å². The molecule has 0 aliphatic heterocycles. The molecule has 0 spiro atoms. The van der Waals surface area contributed by atoms with Crippen LogP contribution < -0.4 is 5.32 Å². The third-order valence-electron chi connectivity index (χ3n) is 1.99. The van der Waals surface area contributed by atoms with Crippen LogP contribution in [0.2, 0.25) is 0 Å². The lowest BCUT2D eigenvalue weighted by molar-refractivity contribution is 0.290. The Morgan fingerprint density at radius 3 is 2.93 bits per heavy atom. The molecule has 0 fully saturated rings. The van der Waals surface area contributed by atoms with E-state index in [0.717, 1.165) is 35.6 Å². The monoisotopic (exact) mass is 189 g/mol. The average Bonchev–Trinajstić information content (AvgIpc) is 2.16. The Hall–Kier alpha value is -1.62. The van der Waals surface area contributed by atoms with Crippen molar-refractivity contribution < 1.29 is 4.74 Å². The van der Waals surface area contributed by atoms with Gasteiger partial charge in [0.25, 0.3) is 0 Å². The maximum absolute atomic E-state index is 5.40. The highest BCUT2D eigenvalue weighted by Gasteiger charge is 2.15. The minimum Gasteiger partial charge on any atom is -0.494 e. The highest BCUT2D eigenvalue weighted by Crippen LogP contribution is 2.24. The molecule has 0 atom stereocenters. The molecule has 2 heteroatoms. The first kappa shape index (κ1) is 10.5. The van der Waals surface area contributed by atoms with Crippen LogP contribution in [0.25, 0.3) is 0 Å². The number of hydrogen-bond donors (Lipinski definition) is 1. The van der Waals surface area contributed by atoms with E-state index in [4.69, 9.17) is 11.2 Å². The van der Waals surface area contributed by atoms with E-state index in [-0.39, 0.29) is 0 Å². The van der Waals surface area contributed by atoms with Gasteiger partial charge in [0, 0.05) is 11.3 Å². The van der Waals surface area contributed by atoms with Crippen LogP contribution in [-0.4, -0.2) is 7.11 Å². The molecule has 1 aliphatic rings. The van der Waals surface area contributed by atoms with Gasteiger partial charge >= 0.3 is 0 Å². The minimum absolute atomic E-state index is 0.766. The zero-order chi connectivity index (χ0) is 10.6. The molecule has 0 unspecified atom stereocenters. The van der Waals surface area contributed by atoms with Crippen molar-refractivity contribution in [3.8, 4) is 12.3 Å². The SMILES string of the molecule is C#CC1=C(OC)C(NC(=C)C)=CCC1. The molecule has 0 aromatic carbocycles. The van der Waals surface area contributed by atoms with Crippen LogP contribution in [0.3, 0.4) is 0 Å². The second kappa shape index (κ2) is 4.57.